The number of nitrogens with one attached hydrogen (secondary N) is 1. The van der Waals surface area contributed by atoms with Crippen LogP contribution in [0.3, 0.4) is 0 Å². The molecule has 0 fully saturated rings. The van der Waals surface area contributed by atoms with Crippen molar-refractivity contribution in [3.8, 4) is 0 Å². The number of benzene rings is 1. The van der Waals surface area contributed by atoms with Gasteiger partial charge in [-0.15, -0.1) is 10.2 Å². The highest BCUT2D eigenvalue weighted by Crippen LogP contribution is 2.35. The number of fused-ring (bicyclic) bond motifs is 3. The quantitative estimate of drug-likeness (QED) is 0.411. The second kappa shape index (κ2) is 6.95. The zero-order valence-electron chi connectivity index (χ0n) is 13.8. The van der Waals surface area contributed by atoms with Gasteiger partial charge in [0.15, 0.2) is 9.99 Å². The van der Waals surface area contributed by atoms with Gasteiger partial charge in [0.25, 0.3) is 0 Å². The first-order chi connectivity index (χ1) is 12.2. The molecule has 0 bridgehead atoms. The van der Waals surface area contributed by atoms with Crippen molar-refractivity contribution in [2.75, 3.05) is 25.6 Å². The lowest BCUT2D eigenvalue weighted by Crippen LogP contribution is -2.06. The Labute approximate surface area is 152 Å². The second-order valence-electron chi connectivity index (χ2n) is 5.38. The molecule has 7 nitrogen and oxygen atoms in total. The van der Waals surface area contributed by atoms with E-state index in [1.54, 1.807) is 7.11 Å². The molecule has 0 aliphatic carbocycles. The summed E-state index contributed by atoms with van der Waals surface area (Å²) in [6, 6.07) is 10.1. The Morgan fingerprint density at radius 1 is 1.28 bits per heavy atom. The van der Waals surface area contributed by atoms with Crippen molar-refractivity contribution in [2.45, 2.75) is 16.3 Å². The summed E-state index contributed by atoms with van der Waals surface area (Å²) in [5, 5.41) is 18.9. The molecule has 25 heavy (non-hydrogen) atoms. The number of hydrogen-bond acceptors (Lipinski definition) is 8. The molecule has 3 aromatic heterocycles. The number of para-hydroxylation sites is 1. The lowest BCUT2D eigenvalue weighted by molar-refractivity contribution is 0.211. The minimum atomic E-state index is 0.630. The largest absolute Gasteiger partial charge is 0.383 e. The highest BCUT2D eigenvalue weighted by molar-refractivity contribution is 8.01. The fraction of sp³-hybridized carbons (Fsp3) is 0.250. The van der Waals surface area contributed by atoms with Gasteiger partial charge in [-0.25, -0.2) is 9.50 Å². The van der Waals surface area contributed by atoms with Crippen molar-refractivity contribution < 1.29 is 4.74 Å². The number of aryl methyl sites for hydroxylation is 1. The Bertz CT molecular complexity index is 1030. The number of methoxy groups -OCH3 is 1. The number of aromatic nitrogens is 5. The molecule has 4 aromatic rings. The molecule has 0 spiro atoms. The summed E-state index contributed by atoms with van der Waals surface area (Å²) in [7, 11) is 1.67. The molecule has 0 saturated carbocycles. The Morgan fingerprint density at radius 3 is 3.04 bits per heavy atom. The maximum absolute atomic E-state index is 5.03. The maximum atomic E-state index is 5.03. The molecular weight excluding hydrogens is 356 g/mol. The molecule has 0 aliphatic heterocycles. The van der Waals surface area contributed by atoms with Gasteiger partial charge in [0.1, 0.15) is 5.03 Å². The van der Waals surface area contributed by atoms with Crippen LogP contribution < -0.4 is 5.32 Å². The van der Waals surface area contributed by atoms with Crippen LogP contribution in [-0.2, 0) is 4.74 Å². The number of hydrogen-bond donors (Lipinski definition) is 1. The van der Waals surface area contributed by atoms with E-state index in [2.05, 4.69) is 32.7 Å². The monoisotopic (exact) mass is 372 g/mol. The molecule has 0 unspecified atom stereocenters. The average molecular weight is 372 g/mol. The van der Waals surface area contributed by atoms with Crippen molar-refractivity contribution in [1.29, 1.82) is 0 Å². The minimum absolute atomic E-state index is 0.630. The van der Waals surface area contributed by atoms with Gasteiger partial charge in [-0.3, -0.25) is 0 Å². The van der Waals surface area contributed by atoms with E-state index >= 15 is 0 Å². The summed E-state index contributed by atoms with van der Waals surface area (Å²) in [5.41, 5.74) is 2.81. The minimum Gasteiger partial charge on any atom is -0.383 e. The first-order valence-corrected chi connectivity index (χ1v) is 9.37. The van der Waals surface area contributed by atoms with Crippen molar-refractivity contribution in [1.82, 2.24) is 24.8 Å². The van der Waals surface area contributed by atoms with Crippen LogP contribution in [0.1, 0.15) is 5.69 Å². The van der Waals surface area contributed by atoms with Crippen LogP contribution in [0, 0.1) is 6.92 Å². The van der Waals surface area contributed by atoms with Gasteiger partial charge in [0.05, 0.1) is 17.8 Å². The van der Waals surface area contributed by atoms with Crippen LogP contribution in [0.2, 0.25) is 0 Å². The highest BCUT2D eigenvalue weighted by Gasteiger charge is 2.13. The summed E-state index contributed by atoms with van der Waals surface area (Å²) in [6.07, 6.45) is 0. The number of anilines is 1. The van der Waals surface area contributed by atoms with Crippen molar-refractivity contribution >= 4 is 44.8 Å². The van der Waals surface area contributed by atoms with Gasteiger partial charge in [-0.1, -0.05) is 29.5 Å². The molecule has 1 N–H and O–H groups in total. The summed E-state index contributed by atoms with van der Waals surface area (Å²) in [6.45, 7) is 3.31. The standard InChI is InChI=1S/C16H16N6OS2/c1-10-9-13-18-14(11-5-3-4-6-12(11)22(13)21-10)24-16-20-19-15(25-16)17-7-8-23-2/h3-6,9H,7-8H2,1-2H3,(H,17,19). The first kappa shape index (κ1) is 16.2. The fourth-order valence-electron chi connectivity index (χ4n) is 2.49. The van der Waals surface area contributed by atoms with Crippen LogP contribution in [0.4, 0.5) is 5.13 Å². The smallest absolute Gasteiger partial charge is 0.206 e. The average Bonchev–Trinajstić information content (AvgIpc) is 3.21. The first-order valence-electron chi connectivity index (χ1n) is 7.74. The highest BCUT2D eigenvalue weighted by atomic mass is 32.2. The third kappa shape index (κ3) is 3.30. The predicted octanol–water partition coefficient (Wildman–Crippen LogP) is 3.25. The van der Waals surface area contributed by atoms with Crippen LogP contribution >= 0.6 is 23.1 Å². The molecule has 0 atom stereocenters. The molecule has 3 heterocycles. The zero-order valence-corrected chi connectivity index (χ0v) is 15.4. The number of rotatable bonds is 6. The molecule has 0 amide bonds. The maximum Gasteiger partial charge on any atom is 0.206 e. The fourth-order valence-corrected chi connectivity index (χ4v) is 4.30. The van der Waals surface area contributed by atoms with Crippen LogP contribution in [0.5, 0.6) is 0 Å². The van der Waals surface area contributed by atoms with Crippen molar-refractivity contribution in [3.05, 3.63) is 36.0 Å². The Balaban J connectivity index is 1.68. The molecule has 128 valence electrons. The topological polar surface area (TPSA) is 77.2 Å². The van der Waals surface area contributed by atoms with Crippen molar-refractivity contribution in [3.63, 3.8) is 0 Å². The number of ether oxygens (including phenoxy) is 1. The molecule has 0 saturated heterocycles. The summed E-state index contributed by atoms with van der Waals surface area (Å²) >= 11 is 3.03. The number of nitrogens with zero attached hydrogens (tertiary/aromatic N) is 5. The third-order valence-corrected chi connectivity index (χ3v) is 5.50. The Morgan fingerprint density at radius 2 is 2.16 bits per heavy atom. The Hall–Kier alpha value is -2.23. The van der Waals surface area contributed by atoms with E-state index < -0.39 is 0 Å². The summed E-state index contributed by atoms with van der Waals surface area (Å²) in [4.78, 5) is 4.77. The lowest BCUT2D eigenvalue weighted by atomic mass is 10.2. The zero-order chi connectivity index (χ0) is 17.2. The van der Waals surface area contributed by atoms with E-state index in [0.717, 1.165) is 36.7 Å². The molecule has 0 aliphatic rings. The van der Waals surface area contributed by atoms with Gasteiger partial charge in [-0.05, 0) is 24.8 Å². The van der Waals surface area contributed by atoms with E-state index in [0.29, 0.717) is 13.2 Å². The van der Waals surface area contributed by atoms with Gasteiger partial charge in [0, 0.05) is 25.1 Å². The normalized spacial score (nSPS) is 11.4. The predicted molar refractivity (Wildman–Crippen MR) is 99.6 cm³/mol. The van der Waals surface area contributed by atoms with E-state index in [9.17, 15) is 0 Å². The molecule has 1 aromatic carbocycles. The Kier molecular flexibility index (Phi) is 4.51. The van der Waals surface area contributed by atoms with Gasteiger partial charge in [-0.2, -0.15) is 5.10 Å². The van der Waals surface area contributed by atoms with E-state index in [1.165, 1.54) is 23.1 Å². The second-order valence-corrected chi connectivity index (χ2v) is 7.60. The molecule has 9 heteroatoms. The van der Waals surface area contributed by atoms with E-state index in [-0.39, 0.29) is 0 Å². The van der Waals surface area contributed by atoms with Crippen LogP contribution in [0.15, 0.2) is 39.7 Å². The van der Waals surface area contributed by atoms with Crippen molar-refractivity contribution in [2.24, 2.45) is 0 Å². The van der Waals surface area contributed by atoms with Gasteiger partial charge in [0.2, 0.25) is 5.13 Å². The van der Waals surface area contributed by atoms with E-state index in [1.807, 2.05) is 29.6 Å². The third-order valence-electron chi connectivity index (χ3n) is 3.56. The van der Waals surface area contributed by atoms with E-state index in [4.69, 9.17) is 9.72 Å². The van der Waals surface area contributed by atoms with Gasteiger partial charge >= 0.3 is 0 Å². The lowest BCUT2D eigenvalue weighted by Gasteiger charge is -2.05. The van der Waals surface area contributed by atoms with Gasteiger partial charge < -0.3 is 10.1 Å². The SMILES string of the molecule is COCCNc1nnc(Sc2nc3cc(C)nn3c3ccccc23)s1. The summed E-state index contributed by atoms with van der Waals surface area (Å²) < 4.78 is 7.75. The summed E-state index contributed by atoms with van der Waals surface area (Å²) in [5.74, 6) is 0. The molecule has 4 rings (SSSR count). The molecular formula is C16H16N6OS2. The van der Waals surface area contributed by atoms with Crippen LogP contribution in [-0.4, -0.2) is 45.1 Å². The van der Waals surface area contributed by atoms with Crippen LogP contribution in [0.25, 0.3) is 16.6 Å². The molecule has 0 radical (unpaired) electrons.